The molecule has 0 spiro atoms. The van der Waals surface area contributed by atoms with E-state index in [0.29, 0.717) is 12.8 Å². The Morgan fingerprint density at radius 2 is 1.85 bits per heavy atom. The second-order valence-electron chi connectivity index (χ2n) is 5.02. The van der Waals surface area contributed by atoms with Gasteiger partial charge >= 0.3 is 0 Å². The van der Waals surface area contributed by atoms with Crippen LogP contribution >= 0.6 is 0 Å². The van der Waals surface area contributed by atoms with Crippen LogP contribution in [-0.2, 0) is 16.0 Å². The lowest BCUT2D eigenvalue weighted by atomic mass is 10.1. The second kappa shape index (κ2) is 9.26. The van der Waals surface area contributed by atoms with Crippen LogP contribution in [0.15, 0.2) is 30.3 Å². The molecule has 1 aromatic rings. The van der Waals surface area contributed by atoms with Gasteiger partial charge in [0.1, 0.15) is 0 Å². The first-order valence-electron chi connectivity index (χ1n) is 7.26. The van der Waals surface area contributed by atoms with Crippen LogP contribution in [0.4, 0.5) is 0 Å². The van der Waals surface area contributed by atoms with Crippen molar-refractivity contribution in [2.45, 2.75) is 51.5 Å². The van der Waals surface area contributed by atoms with E-state index in [4.69, 9.17) is 5.73 Å². The normalized spacial score (nSPS) is 11.9. The first-order valence-corrected chi connectivity index (χ1v) is 7.26. The van der Waals surface area contributed by atoms with Gasteiger partial charge in [0.2, 0.25) is 11.8 Å². The van der Waals surface area contributed by atoms with Crippen LogP contribution in [0.1, 0.15) is 44.6 Å². The number of nitrogens with two attached hydrogens (primary N) is 1. The maximum absolute atomic E-state index is 11.8. The van der Waals surface area contributed by atoms with Gasteiger partial charge in [-0.1, -0.05) is 56.5 Å². The van der Waals surface area contributed by atoms with Gasteiger partial charge in [-0.15, -0.1) is 0 Å². The number of unbranched alkanes of at least 4 members (excludes halogenated alkanes) is 3. The van der Waals surface area contributed by atoms with E-state index in [1.54, 1.807) is 0 Å². The molecule has 20 heavy (non-hydrogen) atoms. The third kappa shape index (κ3) is 6.48. The summed E-state index contributed by atoms with van der Waals surface area (Å²) in [6.45, 7) is 2.12. The molecule has 4 heteroatoms. The molecular formula is C16H24N2O2. The van der Waals surface area contributed by atoms with E-state index in [0.717, 1.165) is 31.2 Å². The zero-order valence-corrected chi connectivity index (χ0v) is 12.1. The molecule has 0 unspecified atom stereocenters. The molecular weight excluding hydrogens is 252 g/mol. The second-order valence-corrected chi connectivity index (χ2v) is 5.02. The van der Waals surface area contributed by atoms with E-state index in [-0.39, 0.29) is 5.91 Å². The van der Waals surface area contributed by atoms with E-state index in [1.165, 1.54) is 0 Å². The predicted molar refractivity (Wildman–Crippen MR) is 80.0 cm³/mol. The summed E-state index contributed by atoms with van der Waals surface area (Å²) in [5.74, 6) is -0.621. The maximum Gasteiger partial charge on any atom is 0.243 e. The Hall–Kier alpha value is -1.68. The molecule has 3 N–H and O–H groups in total. The van der Waals surface area contributed by atoms with Gasteiger partial charge in [0.25, 0.3) is 0 Å². The fraction of sp³-hybridized carbons (Fsp3) is 0.500. The number of nitrogens with one attached hydrogen (secondary N) is 1. The largest absolute Gasteiger partial charge is 0.320 e. The highest BCUT2D eigenvalue weighted by Crippen LogP contribution is 2.03. The molecule has 2 amide bonds. The minimum absolute atomic E-state index is 0.227. The first kappa shape index (κ1) is 16.4. The average molecular weight is 276 g/mol. The smallest absolute Gasteiger partial charge is 0.243 e. The number of carbonyl (C=O) groups is 2. The van der Waals surface area contributed by atoms with E-state index in [2.05, 4.69) is 12.2 Å². The summed E-state index contributed by atoms with van der Waals surface area (Å²) in [7, 11) is 0. The highest BCUT2D eigenvalue weighted by atomic mass is 16.2. The van der Waals surface area contributed by atoms with Gasteiger partial charge in [0.05, 0.1) is 6.04 Å². The van der Waals surface area contributed by atoms with Crippen molar-refractivity contribution in [2.75, 3.05) is 0 Å². The third-order valence-corrected chi connectivity index (χ3v) is 3.16. The minimum Gasteiger partial charge on any atom is -0.320 e. The van der Waals surface area contributed by atoms with Crippen molar-refractivity contribution in [3.8, 4) is 0 Å². The minimum atomic E-state index is -0.683. The summed E-state index contributed by atoms with van der Waals surface area (Å²) >= 11 is 0. The van der Waals surface area contributed by atoms with Gasteiger partial charge in [0, 0.05) is 6.42 Å². The Morgan fingerprint density at radius 3 is 2.50 bits per heavy atom. The van der Waals surface area contributed by atoms with Crippen molar-refractivity contribution >= 4 is 11.8 Å². The van der Waals surface area contributed by atoms with E-state index >= 15 is 0 Å². The van der Waals surface area contributed by atoms with Gasteiger partial charge in [-0.3, -0.25) is 14.9 Å². The monoisotopic (exact) mass is 276 g/mol. The quantitative estimate of drug-likeness (QED) is 0.715. The average Bonchev–Trinajstić information content (AvgIpc) is 2.44. The Balaban J connectivity index is 2.29. The molecule has 0 heterocycles. The number of amides is 2. The molecule has 0 aliphatic carbocycles. The third-order valence-electron chi connectivity index (χ3n) is 3.16. The van der Waals surface area contributed by atoms with Crippen LogP contribution in [0.2, 0.25) is 0 Å². The SMILES string of the molecule is CCCCCCC(=O)NC(=O)[C@@H](N)Cc1ccccc1. The topological polar surface area (TPSA) is 72.2 Å². The predicted octanol–water partition coefficient (Wildman–Crippen LogP) is 2.17. The van der Waals surface area contributed by atoms with Crippen molar-refractivity contribution < 1.29 is 9.59 Å². The molecule has 1 atom stereocenters. The number of hydrogen-bond acceptors (Lipinski definition) is 3. The lowest BCUT2D eigenvalue weighted by Gasteiger charge is -2.11. The van der Waals surface area contributed by atoms with E-state index in [1.807, 2.05) is 30.3 Å². The molecule has 0 saturated heterocycles. The Morgan fingerprint density at radius 1 is 1.15 bits per heavy atom. The maximum atomic E-state index is 11.8. The standard InChI is InChI=1S/C16H24N2O2/c1-2-3-4-8-11-15(19)18-16(20)14(17)12-13-9-6-5-7-10-13/h5-7,9-10,14H,2-4,8,11-12,17H2,1H3,(H,18,19,20)/t14-/m0/s1. The van der Waals surface area contributed by atoms with Gasteiger partial charge < -0.3 is 5.73 Å². The van der Waals surface area contributed by atoms with Crippen molar-refractivity contribution in [3.63, 3.8) is 0 Å². The summed E-state index contributed by atoms with van der Waals surface area (Å²) in [5, 5.41) is 2.37. The summed E-state index contributed by atoms with van der Waals surface area (Å²) in [6.07, 6.45) is 4.92. The summed E-state index contributed by atoms with van der Waals surface area (Å²) in [6, 6.07) is 8.86. The van der Waals surface area contributed by atoms with Gasteiger partial charge in [-0.25, -0.2) is 0 Å². The molecule has 4 nitrogen and oxygen atoms in total. The fourth-order valence-corrected chi connectivity index (χ4v) is 1.97. The van der Waals surface area contributed by atoms with Crippen molar-refractivity contribution in [3.05, 3.63) is 35.9 Å². The molecule has 1 aromatic carbocycles. The molecule has 0 aromatic heterocycles. The van der Waals surface area contributed by atoms with Gasteiger partial charge in [-0.05, 0) is 18.4 Å². The molecule has 0 aliphatic heterocycles. The van der Waals surface area contributed by atoms with E-state index < -0.39 is 11.9 Å². The number of hydrogen-bond donors (Lipinski definition) is 2. The summed E-state index contributed by atoms with van der Waals surface area (Å²) in [5.41, 5.74) is 6.80. The van der Waals surface area contributed by atoms with Crippen molar-refractivity contribution in [2.24, 2.45) is 5.73 Å². The molecule has 110 valence electrons. The lowest BCUT2D eigenvalue weighted by molar-refractivity contribution is -0.131. The Labute approximate surface area is 120 Å². The number of imide groups is 1. The van der Waals surface area contributed by atoms with Crippen molar-refractivity contribution in [1.82, 2.24) is 5.32 Å². The summed E-state index contributed by atoms with van der Waals surface area (Å²) in [4.78, 5) is 23.4. The highest BCUT2D eigenvalue weighted by Gasteiger charge is 2.16. The van der Waals surface area contributed by atoms with Gasteiger partial charge in [0.15, 0.2) is 0 Å². The van der Waals surface area contributed by atoms with Crippen LogP contribution in [0.5, 0.6) is 0 Å². The molecule has 0 saturated carbocycles. The Kier molecular flexibility index (Phi) is 7.58. The zero-order valence-electron chi connectivity index (χ0n) is 12.1. The highest BCUT2D eigenvalue weighted by molar-refractivity contribution is 5.97. The number of rotatable bonds is 8. The fourth-order valence-electron chi connectivity index (χ4n) is 1.97. The Bertz CT molecular complexity index is 418. The molecule has 0 bridgehead atoms. The van der Waals surface area contributed by atoms with Crippen LogP contribution in [0, 0.1) is 0 Å². The molecule has 0 fully saturated rings. The molecule has 0 aliphatic rings. The first-order chi connectivity index (χ1) is 9.63. The van der Waals surface area contributed by atoms with Gasteiger partial charge in [-0.2, -0.15) is 0 Å². The van der Waals surface area contributed by atoms with Crippen molar-refractivity contribution in [1.29, 1.82) is 0 Å². The zero-order chi connectivity index (χ0) is 14.8. The van der Waals surface area contributed by atoms with Crippen LogP contribution in [0.25, 0.3) is 0 Å². The molecule has 0 radical (unpaired) electrons. The molecule has 1 rings (SSSR count). The lowest BCUT2D eigenvalue weighted by Crippen LogP contribution is -2.44. The van der Waals surface area contributed by atoms with Crippen LogP contribution in [0.3, 0.4) is 0 Å². The number of carbonyl (C=O) groups excluding carboxylic acids is 2. The van der Waals surface area contributed by atoms with E-state index in [9.17, 15) is 9.59 Å². The van der Waals surface area contributed by atoms with Crippen LogP contribution < -0.4 is 11.1 Å². The number of benzene rings is 1. The van der Waals surface area contributed by atoms with Crippen LogP contribution in [-0.4, -0.2) is 17.9 Å². The summed E-state index contributed by atoms with van der Waals surface area (Å²) < 4.78 is 0.